The monoisotopic (exact) mass is 358 g/mol. The molecular formula is C19H30N6O. The normalized spacial score (nSPS) is 16.3. The lowest BCUT2D eigenvalue weighted by Gasteiger charge is -2.35. The summed E-state index contributed by atoms with van der Waals surface area (Å²) in [4.78, 5) is 18.8. The van der Waals surface area contributed by atoms with E-state index < -0.39 is 0 Å². The number of aromatic nitrogens is 4. The molecule has 0 radical (unpaired) electrons. The summed E-state index contributed by atoms with van der Waals surface area (Å²) in [7, 11) is 3.75. The fourth-order valence-electron chi connectivity index (χ4n) is 3.09. The van der Waals surface area contributed by atoms with E-state index in [0.717, 1.165) is 55.9 Å². The Morgan fingerprint density at radius 2 is 1.85 bits per heavy atom. The van der Waals surface area contributed by atoms with Crippen LogP contribution in [0.4, 0.5) is 5.82 Å². The number of piperazine rings is 1. The maximum atomic E-state index is 5.30. The van der Waals surface area contributed by atoms with E-state index in [1.807, 2.05) is 19.4 Å². The summed E-state index contributed by atoms with van der Waals surface area (Å²) in [6.07, 6.45) is 3.86. The third kappa shape index (κ3) is 4.40. The summed E-state index contributed by atoms with van der Waals surface area (Å²) in [5.41, 5.74) is 0.858. The van der Waals surface area contributed by atoms with Gasteiger partial charge < -0.3 is 14.2 Å². The van der Waals surface area contributed by atoms with E-state index in [0.29, 0.717) is 6.61 Å². The van der Waals surface area contributed by atoms with Crippen molar-refractivity contribution in [2.24, 2.45) is 7.05 Å². The fourth-order valence-corrected chi connectivity index (χ4v) is 3.09. The highest BCUT2D eigenvalue weighted by Gasteiger charge is 2.23. The molecule has 3 heterocycles. The Bertz CT molecular complexity index is 728. The molecule has 0 amide bonds. The minimum Gasteiger partial charge on any atom is -0.378 e. The first-order valence-electron chi connectivity index (χ1n) is 9.17. The second-order valence-corrected chi connectivity index (χ2v) is 7.94. The lowest BCUT2D eigenvalue weighted by Crippen LogP contribution is -2.46. The number of nitrogens with zero attached hydrogens (tertiary/aromatic N) is 6. The minimum atomic E-state index is -0.0848. The molecule has 1 aliphatic heterocycles. The maximum Gasteiger partial charge on any atom is 0.136 e. The van der Waals surface area contributed by atoms with Gasteiger partial charge in [-0.2, -0.15) is 0 Å². The molecule has 3 rings (SSSR count). The summed E-state index contributed by atoms with van der Waals surface area (Å²) in [5.74, 6) is 2.99. The maximum absolute atomic E-state index is 5.30. The molecule has 0 spiro atoms. The van der Waals surface area contributed by atoms with Crippen molar-refractivity contribution in [3.63, 3.8) is 0 Å². The summed E-state index contributed by atoms with van der Waals surface area (Å²) in [6.45, 7) is 11.8. The Morgan fingerprint density at radius 1 is 1.12 bits per heavy atom. The number of ether oxygens (including phenoxy) is 1. The van der Waals surface area contributed by atoms with E-state index in [2.05, 4.69) is 51.2 Å². The SMILES string of the molecule is COCc1cc(N2CCN(Cc3nccn3C)CC2)nc(C(C)(C)C)n1. The first kappa shape index (κ1) is 18.8. The van der Waals surface area contributed by atoms with E-state index >= 15 is 0 Å². The predicted molar refractivity (Wildman–Crippen MR) is 102 cm³/mol. The van der Waals surface area contributed by atoms with Crippen LogP contribution in [0, 0.1) is 0 Å². The molecule has 1 fully saturated rings. The van der Waals surface area contributed by atoms with E-state index in [1.54, 1.807) is 7.11 Å². The molecule has 7 nitrogen and oxygen atoms in total. The molecule has 7 heteroatoms. The zero-order valence-corrected chi connectivity index (χ0v) is 16.6. The van der Waals surface area contributed by atoms with Crippen molar-refractivity contribution in [1.82, 2.24) is 24.4 Å². The third-order valence-corrected chi connectivity index (χ3v) is 4.71. The summed E-state index contributed by atoms with van der Waals surface area (Å²) in [5, 5.41) is 0. The van der Waals surface area contributed by atoms with Crippen LogP contribution in [0.5, 0.6) is 0 Å². The van der Waals surface area contributed by atoms with Gasteiger partial charge in [0.05, 0.1) is 18.8 Å². The van der Waals surface area contributed by atoms with Crippen LogP contribution in [0.3, 0.4) is 0 Å². The Kier molecular flexibility index (Phi) is 5.58. The van der Waals surface area contributed by atoms with Crippen LogP contribution >= 0.6 is 0 Å². The van der Waals surface area contributed by atoms with Crippen LogP contribution in [-0.4, -0.2) is 57.7 Å². The van der Waals surface area contributed by atoms with Gasteiger partial charge in [0.1, 0.15) is 17.5 Å². The molecule has 0 aliphatic carbocycles. The van der Waals surface area contributed by atoms with E-state index in [4.69, 9.17) is 9.72 Å². The average Bonchev–Trinajstić information content (AvgIpc) is 3.00. The number of hydrogen-bond acceptors (Lipinski definition) is 6. The lowest BCUT2D eigenvalue weighted by atomic mass is 9.95. The molecular weight excluding hydrogens is 328 g/mol. The van der Waals surface area contributed by atoms with Gasteiger partial charge in [0.15, 0.2) is 0 Å². The topological polar surface area (TPSA) is 59.3 Å². The van der Waals surface area contributed by atoms with Gasteiger partial charge in [-0.25, -0.2) is 15.0 Å². The van der Waals surface area contributed by atoms with Crippen molar-refractivity contribution < 1.29 is 4.74 Å². The van der Waals surface area contributed by atoms with Crippen molar-refractivity contribution in [2.45, 2.75) is 39.3 Å². The number of anilines is 1. The van der Waals surface area contributed by atoms with Gasteiger partial charge in [-0.3, -0.25) is 4.90 Å². The van der Waals surface area contributed by atoms with Crippen LogP contribution in [0.1, 0.15) is 38.1 Å². The number of imidazole rings is 1. The van der Waals surface area contributed by atoms with Crippen molar-refractivity contribution in [2.75, 3.05) is 38.2 Å². The van der Waals surface area contributed by atoms with Crippen molar-refractivity contribution in [3.05, 3.63) is 35.8 Å². The summed E-state index contributed by atoms with van der Waals surface area (Å²) >= 11 is 0. The Morgan fingerprint density at radius 3 is 2.42 bits per heavy atom. The number of aryl methyl sites for hydroxylation is 1. The standard InChI is InChI=1S/C19H30N6O/c1-19(2,3)18-21-15(14-26-5)12-16(22-18)25-10-8-24(9-11-25)13-17-20-6-7-23(17)4/h6-7,12H,8-11,13-14H2,1-5H3. The van der Waals surface area contributed by atoms with Gasteiger partial charge in [-0.15, -0.1) is 0 Å². The van der Waals surface area contributed by atoms with Crippen LogP contribution in [0.2, 0.25) is 0 Å². The molecule has 0 atom stereocenters. The lowest BCUT2D eigenvalue weighted by molar-refractivity contribution is 0.181. The molecule has 0 saturated carbocycles. The van der Waals surface area contributed by atoms with E-state index in [9.17, 15) is 0 Å². The van der Waals surface area contributed by atoms with Crippen LogP contribution in [0.15, 0.2) is 18.5 Å². The van der Waals surface area contributed by atoms with E-state index in [1.165, 1.54) is 0 Å². The number of rotatable bonds is 5. The molecule has 26 heavy (non-hydrogen) atoms. The van der Waals surface area contributed by atoms with Crippen LogP contribution in [0.25, 0.3) is 0 Å². The molecule has 0 N–H and O–H groups in total. The van der Waals surface area contributed by atoms with Gasteiger partial charge in [0, 0.05) is 64.2 Å². The van der Waals surface area contributed by atoms with Gasteiger partial charge in [0.2, 0.25) is 0 Å². The first-order valence-corrected chi connectivity index (χ1v) is 9.17. The van der Waals surface area contributed by atoms with E-state index in [-0.39, 0.29) is 5.41 Å². The van der Waals surface area contributed by atoms with Crippen molar-refractivity contribution >= 4 is 5.82 Å². The van der Waals surface area contributed by atoms with Crippen LogP contribution < -0.4 is 4.90 Å². The fraction of sp³-hybridized carbons (Fsp3) is 0.632. The molecule has 142 valence electrons. The minimum absolute atomic E-state index is 0.0848. The molecule has 0 bridgehead atoms. The second-order valence-electron chi connectivity index (χ2n) is 7.94. The first-order chi connectivity index (χ1) is 12.4. The highest BCUT2D eigenvalue weighted by atomic mass is 16.5. The van der Waals surface area contributed by atoms with Crippen molar-refractivity contribution in [1.29, 1.82) is 0 Å². The largest absolute Gasteiger partial charge is 0.378 e. The zero-order valence-electron chi connectivity index (χ0n) is 16.6. The molecule has 0 unspecified atom stereocenters. The molecule has 1 saturated heterocycles. The highest BCUT2D eigenvalue weighted by Crippen LogP contribution is 2.23. The second kappa shape index (κ2) is 7.72. The molecule has 0 aromatic carbocycles. The Balaban J connectivity index is 1.70. The van der Waals surface area contributed by atoms with Gasteiger partial charge in [-0.05, 0) is 0 Å². The molecule has 2 aromatic rings. The third-order valence-electron chi connectivity index (χ3n) is 4.71. The van der Waals surface area contributed by atoms with Crippen LogP contribution in [-0.2, 0) is 30.4 Å². The Labute approximate surface area is 156 Å². The highest BCUT2D eigenvalue weighted by molar-refractivity contribution is 5.41. The smallest absolute Gasteiger partial charge is 0.136 e. The van der Waals surface area contributed by atoms with Gasteiger partial charge >= 0.3 is 0 Å². The van der Waals surface area contributed by atoms with Crippen molar-refractivity contribution in [3.8, 4) is 0 Å². The zero-order chi connectivity index (χ0) is 18.7. The predicted octanol–water partition coefficient (Wildman–Crippen LogP) is 1.98. The summed E-state index contributed by atoms with van der Waals surface area (Å²) < 4.78 is 7.39. The number of methoxy groups -OCH3 is 1. The molecule has 2 aromatic heterocycles. The average molecular weight is 358 g/mol. The number of hydrogen-bond donors (Lipinski definition) is 0. The molecule has 1 aliphatic rings. The quantitative estimate of drug-likeness (QED) is 0.815. The Hall–Kier alpha value is -1.99. The summed E-state index contributed by atoms with van der Waals surface area (Å²) in [6, 6.07) is 2.06. The van der Waals surface area contributed by atoms with Gasteiger partial charge in [0.25, 0.3) is 0 Å². The van der Waals surface area contributed by atoms with Gasteiger partial charge in [-0.1, -0.05) is 20.8 Å².